The molecule has 0 saturated heterocycles. The van der Waals surface area contributed by atoms with Crippen molar-refractivity contribution in [1.29, 1.82) is 0 Å². The molecule has 2 aromatic rings. The van der Waals surface area contributed by atoms with Gasteiger partial charge in [0, 0.05) is 17.8 Å². The van der Waals surface area contributed by atoms with Crippen molar-refractivity contribution in [3.8, 4) is 5.75 Å². The van der Waals surface area contributed by atoms with Crippen molar-refractivity contribution in [2.24, 2.45) is 5.73 Å². The highest BCUT2D eigenvalue weighted by molar-refractivity contribution is 7.92. The van der Waals surface area contributed by atoms with E-state index < -0.39 is 15.9 Å². The number of primary amides is 1. The normalized spacial score (nSPS) is 13.4. The second-order valence-electron chi connectivity index (χ2n) is 6.40. The molecule has 8 nitrogen and oxygen atoms in total. The van der Waals surface area contributed by atoms with Crippen LogP contribution < -0.4 is 20.5 Å². The molecule has 0 bridgehead atoms. The molecule has 0 unspecified atom stereocenters. The van der Waals surface area contributed by atoms with Gasteiger partial charge in [-0.15, -0.1) is 0 Å². The van der Waals surface area contributed by atoms with Gasteiger partial charge in [-0.2, -0.15) is 0 Å². The minimum absolute atomic E-state index is 0.00415. The molecule has 2 amide bonds. The fourth-order valence-electron chi connectivity index (χ4n) is 2.87. The fraction of sp³-hybridized carbons (Fsp3) is 0.263. The summed E-state index contributed by atoms with van der Waals surface area (Å²) in [6.07, 6.45) is 1.62. The van der Waals surface area contributed by atoms with E-state index in [0.29, 0.717) is 30.8 Å². The number of sulfonamides is 1. The summed E-state index contributed by atoms with van der Waals surface area (Å²) in [5.74, 6) is -0.587. The summed E-state index contributed by atoms with van der Waals surface area (Å²) < 4.78 is 33.4. The van der Waals surface area contributed by atoms with Gasteiger partial charge in [-0.1, -0.05) is 6.92 Å². The summed E-state index contributed by atoms with van der Waals surface area (Å²) in [7, 11) is -3.94. The number of anilines is 2. The number of nitrogens with two attached hydrogens (primary N) is 1. The minimum atomic E-state index is -3.94. The molecule has 148 valence electrons. The molecule has 4 N–H and O–H groups in total. The van der Waals surface area contributed by atoms with Gasteiger partial charge in [0.15, 0.2) is 0 Å². The van der Waals surface area contributed by atoms with E-state index in [2.05, 4.69) is 10.0 Å². The standard InChI is InChI=1S/C19H21N3O5S/c1-2-9-27-17-7-5-14(11-15(17)19(20)24)28(25,26)22-13-4-6-16-12(10-13)3-8-18(23)21-16/h4-7,10-11,22H,2-3,8-9H2,1H3,(H2,20,24)(H,21,23). The summed E-state index contributed by atoms with van der Waals surface area (Å²) in [6.45, 7) is 2.30. The first-order chi connectivity index (χ1) is 13.3. The third kappa shape index (κ3) is 4.25. The summed E-state index contributed by atoms with van der Waals surface area (Å²) in [5.41, 5.74) is 7.26. The molecule has 0 saturated carbocycles. The lowest BCUT2D eigenvalue weighted by Gasteiger charge is -2.18. The molecular formula is C19H21N3O5S. The van der Waals surface area contributed by atoms with Crippen LogP contribution in [0.1, 0.15) is 35.7 Å². The van der Waals surface area contributed by atoms with Crippen molar-refractivity contribution in [3.05, 3.63) is 47.5 Å². The number of ether oxygens (including phenoxy) is 1. The number of carbonyl (C=O) groups excluding carboxylic acids is 2. The molecular weight excluding hydrogens is 382 g/mol. The highest BCUT2D eigenvalue weighted by Gasteiger charge is 2.21. The van der Waals surface area contributed by atoms with E-state index in [0.717, 1.165) is 12.0 Å². The van der Waals surface area contributed by atoms with Crippen molar-refractivity contribution in [3.63, 3.8) is 0 Å². The average molecular weight is 403 g/mol. The van der Waals surface area contributed by atoms with Crippen LogP contribution >= 0.6 is 0 Å². The first-order valence-corrected chi connectivity index (χ1v) is 10.3. The zero-order valence-electron chi connectivity index (χ0n) is 15.3. The number of nitrogens with one attached hydrogen (secondary N) is 2. The van der Waals surface area contributed by atoms with Crippen LogP contribution in [0.2, 0.25) is 0 Å². The Bertz CT molecular complexity index is 1030. The Morgan fingerprint density at radius 2 is 2.00 bits per heavy atom. The number of hydrogen-bond donors (Lipinski definition) is 3. The molecule has 0 aliphatic carbocycles. The van der Waals surface area contributed by atoms with Crippen molar-refractivity contribution < 1.29 is 22.7 Å². The molecule has 0 fully saturated rings. The summed E-state index contributed by atoms with van der Waals surface area (Å²) in [4.78, 5) is 23.0. The molecule has 0 aromatic heterocycles. The summed E-state index contributed by atoms with van der Waals surface area (Å²) in [6, 6.07) is 8.88. The van der Waals surface area contributed by atoms with Crippen LogP contribution in [-0.4, -0.2) is 26.8 Å². The second-order valence-corrected chi connectivity index (χ2v) is 8.08. The van der Waals surface area contributed by atoms with Crippen LogP contribution in [0.5, 0.6) is 5.75 Å². The molecule has 0 spiro atoms. The summed E-state index contributed by atoms with van der Waals surface area (Å²) >= 11 is 0. The van der Waals surface area contributed by atoms with Gasteiger partial charge < -0.3 is 15.8 Å². The van der Waals surface area contributed by atoms with Gasteiger partial charge >= 0.3 is 0 Å². The van der Waals surface area contributed by atoms with Crippen LogP contribution in [0.3, 0.4) is 0 Å². The monoisotopic (exact) mass is 403 g/mol. The van der Waals surface area contributed by atoms with Gasteiger partial charge in [0.05, 0.1) is 17.1 Å². The van der Waals surface area contributed by atoms with Crippen LogP contribution in [-0.2, 0) is 21.2 Å². The highest BCUT2D eigenvalue weighted by atomic mass is 32.2. The predicted octanol–water partition coefficient (Wildman–Crippen LogP) is 2.26. The van der Waals surface area contributed by atoms with Gasteiger partial charge in [0.25, 0.3) is 15.9 Å². The van der Waals surface area contributed by atoms with E-state index >= 15 is 0 Å². The molecule has 9 heteroatoms. The number of hydrogen-bond acceptors (Lipinski definition) is 5. The van der Waals surface area contributed by atoms with Gasteiger partial charge in [-0.05, 0) is 54.8 Å². The van der Waals surface area contributed by atoms with Crippen LogP contribution in [0.4, 0.5) is 11.4 Å². The Morgan fingerprint density at radius 3 is 2.71 bits per heavy atom. The highest BCUT2D eigenvalue weighted by Crippen LogP contribution is 2.28. The quantitative estimate of drug-likeness (QED) is 0.653. The number of carbonyl (C=O) groups is 2. The van der Waals surface area contributed by atoms with Crippen LogP contribution in [0.25, 0.3) is 0 Å². The minimum Gasteiger partial charge on any atom is -0.493 e. The Labute approximate surface area is 163 Å². The molecule has 1 aliphatic heterocycles. The van der Waals surface area contributed by atoms with Crippen LogP contribution in [0, 0.1) is 0 Å². The van der Waals surface area contributed by atoms with Crippen molar-refractivity contribution >= 4 is 33.2 Å². The molecule has 2 aromatic carbocycles. The molecule has 28 heavy (non-hydrogen) atoms. The number of rotatable bonds is 7. The number of aryl methyl sites for hydroxylation is 1. The topological polar surface area (TPSA) is 128 Å². The van der Waals surface area contributed by atoms with E-state index in [9.17, 15) is 18.0 Å². The lowest BCUT2D eigenvalue weighted by molar-refractivity contribution is -0.116. The van der Waals surface area contributed by atoms with Crippen LogP contribution in [0.15, 0.2) is 41.3 Å². The maximum absolute atomic E-state index is 12.7. The maximum Gasteiger partial charge on any atom is 0.261 e. The largest absolute Gasteiger partial charge is 0.493 e. The lowest BCUT2D eigenvalue weighted by atomic mass is 10.0. The van der Waals surface area contributed by atoms with E-state index in [1.807, 2.05) is 6.92 Å². The van der Waals surface area contributed by atoms with Crippen molar-refractivity contribution in [2.75, 3.05) is 16.6 Å². The van der Waals surface area contributed by atoms with Gasteiger partial charge in [0.2, 0.25) is 5.91 Å². The number of amides is 2. The van der Waals surface area contributed by atoms with Gasteiger partial charge in [-0.25, -0.2) is 8.42 Å². The van der Waals surface area contributed by atoms with Gasteiger partial charge in [-0.3, -0.25) is 14.3 Å². The van der Waals surface area contributed by atoms with E-state index in [1.54, 1.807) is 18.2 Å². The number of benzene rings is 2. The molecule has 3 rings (SSSR count). The lowest BCUT2D eigenvalue weighted by Crippen LogP contribution is -2.20. The number of fused-ring (bicyclic) bond motifs is 1. The van der Waals surface area contributed by atoms with Gasteiger partial charge in [0.1, 0.15) is 5.75 Å². The van der Waals surface area contributed by atoms with E-state index in [-0.39, 0.29) is 22.1 Å². The summed E-state index contributed by atoms with van der Waals surface area (Å²) in [5, 5.41) is 2.74. The van der Waals surface area contributed by atoms with Crippen molar-refractivity contribution in [1.82, 2.24) is 0 Å². The van der Waals surface area contributed by atoms with Crippen molar-refractivity contribution in [2.45, 2.75) is 31.1 Å². The zero-order chi connectivity index (χ0) is 20.3. The Hall–Kier alpha value is -3.07. The first kappa shape index (κ1) is 19.7. The molecule has 1 heterocycles. The average Bonchev–Trinajstić information content (AvgIpc) is 2.66. The third-order valence-electron chi connectivity index (χ3n) is 4.24. The third-order valence-corrected chi connectivity index (χ3v) is 5.62. The zero-order valence-corrected chi connectivity index (χ0v) is 16.1. The Morgan fingerprint density at radius 1 is 1.21 bits per heavy atom. The molecule has 0 atom stereocenters. The maximum atomic E-state index is 12.7. The second kappa shape index (κ2) is 7.89. The molecule has 1 aliphatic rings. The SMILES string of the molecule is CCCOc1ccc(S(=O)(=O)Nc2ccc3c(c2)CCC(=O)N3)cc1C(N)=O. The smallest absolute Gasteiger partial charge is 0.261 e. The molecule has 0 radical (unpaired) electrons. The predicted molar refractivity (Wildman–Crippen MR) is 105 cm³/mol. The van der Waals surface area contributed by atoms with E-state index in [4.69, 9.17) is 10.5 Å². The van der Waals surface area contributed by atoms with E-state index in [1.165, 1.54) is 18.2 Å². The Kier molecular flexibility index (Phi) is 5.55. The Balaban J connectivity index is 1.87. The fourth-order valence-corrected chi connectivity index (χ4v) is 3.94. The first-order valence-electron chi connectivity index (χ1n) is 8.82.